The average molecular weight is 444 g/mol. The summed E-state index contributed by atoms with van der Waals surface area (Å²) in [4.78, 5) is 51.2. The number of aromatic nitrogens is 2. The van der Waals surface area contributed by atoms with Crippen LogP contribution in [-0.2, 0) is 24.9 Å². The lowest BCUT2D eigenvalue weighted by molar-refractivity contribution is -0.0530. The number of hydrogen-bond donors (Lipinski definition) is 5. The molecule has 1 saturated heterocycles. The van der Waals surface area contributed by atoms with Crippen LogP contribution in [0.5, 0.6) is 0 Å². The first-order chi connectivity index (χ1) is 12.9. The van der Waals surface area contributed by atoms with Gasteiger partial charge in [0, 0.05) is 18.8 Å². The van der Waals surface area contributed by atoms with Crippen LogP contribution in [0.25, 0.3) is 0 Å². The minimum Gasteiger partial charge on any atom is -0.387 e. The number of aliphatic hydroxyl groups excluding tert-OH is 2. The second-order valence-corrected chi connectivity index (χ2v) is 10.3. The summed E-state index contributed by atoms with van der Waals surface area (Å²) in [6, 6.07) is 1.09. The highest BCUT2D eigenvalue weighted by atomic mass is 31.2. The number of ether oxygens (including phenoxy) is 1. The minimum atomic E-state index is -4.83. The van der Waals surface area contributed by atoms with Crippen LogP contribution in [0, 0.1) is 0 Å². The van der Waals surface area contributed by atoms with Gasteiger partial charge in [0.15, 0.2) is 12.1 Å². The molecule has 0 radical (unpaired) electrons. The van der Waals surface area contributed by atoms with Crippen LogP contribution in [0.4, 0.5) is 0 Å². The third kappa shape index (κ3) is 5.47. The van der Waals surface area contributed by atoms with E-state index in [9.17, 15) is 33.8 Å². The van der Waals surface area contributed by atoms with E-state index in [4.69, 9.17) is 14.5 Å². The van der Waals surface area contributed by atoms with Crippen molar-refractivity contribution in [3.05, 3.63) is 33.1 Å². The van der Waals surface area contributed by atoms with Crippen molar-refractivity contribution in [3.63, 3.8) is 0 Å². The van der Waals surface area contributed by atoms with Crippen LogP contribution in [0.1, 0.15) is 19.6 Å². The molecule has 1 aliphatic rings. The van der Waals surface area contributed by atoms with E-state index in [2.05, 4.69) is 4.52 Å². The summed E-state index contributed by atoms with van der Waals surface area (Å²) in [7, 11) is -9.52. The summed E-state index contributed by atoms with van der Waals surface area (Å²) in [5.41, 5.74) is -1.32. The van der Waals surface area contributed by atoms with E-state index in [0.29, 0.717) is 6.42 Å². The summed E-state index contributed by atoms with van der Waals surface area (Å²) in [5.74, 6) is -1.42. The van der Waals surface area contributed by atoms with E-state index in [1.807, 2.05) is 0 Å². The second-order valence-electron chi connectivity index (χ2n) is 6.28. The van der Waals surface area contributed by atoms with Crippen molar-refractivity contribution >= 4 is 15.2 Å². The fourth-order valence-electron chi connectivity index (χ4n) is 2.71. The Labute approximate surface area is 158 Å². The van der Waals surface area contributed by atoms with Gasteiger partial charge in [0.2, 0.25) is 0 Å². The van der Waals surface area contributed by atoms with Crippen molar-refractivity contribution in [2.45, 2.75) is 44.4 Å². The van der Waals surface area contributed by atoms with E-state index >= 15 is 0 Å². The van der Waals surface area contributed by atoms with Crippen molar-refractivity contribution < 1.29 is 43.3 Å². The molecule has 13 nitrogen and oxygen atoms in total. The maximum Gasteiger partial charge on any atom is 0.340 e. The summed E-state index contributed by atoms with van der Waals surface area (Å²) in [5, 5.41) is 20.3. The third-order valence-electron chi connectivity index (χ3n) is 3.96. The Morgan fingerprint density at radius 2 is 1.82 bits per heavy atom. The summed E-state index contributed by atoms with van der Waals surface area (Å²) < 4.78 is 34.3. The Hall–Kier alpha value is -1.14. The molecule has 2 unspecified atom stereocenters. The highest BCUT2D eigenvalue weighted by Crippen LogP contribution is 2.55. The highest BCUT2D eigenvalue weighted by molar-refractivity contribution is 7.70. The first-order valence-electron chi connectivity index (χ1n) is 8.21. The summed E-state index contributed by atoms with van der Waals surface area (Å²) >= 11 is 0. The molecule has 0 aromatic carbocycles. The fraction of sp³-hybridized carbons (Fsp3) is 0.692. The van der Waals surface area contributed by atoms with E-state index in [1.54, 1.807) is 6.92 Å². The number of hydrogen-bond acceptors (Lipinski definition) is 8. The Balaban J connectivity index is 2.18. The lowest BCUT2D eigenvalue weighted by Crippen LogP contribution is -2.43. The lowest BCUT2D eigenvalue weighted by Gasteiger charge is -2.19. The zero-order valence-corrected chi connectivity index (χ0v) is 16.6. The predicted octanol–water partition coefficient (Wildman–Crippen LogP) is -1.62. The van der Waals surface area contributed by atoms with Crippen molar-refractivity contribution in [1.29, 1.82) is 0 Å². The molecule has 1 fully saturated rings. The predicted molar refractivity (Wildman–Crippen MR) is 93.9 cm³/mol. The summed E-state index contributed by atoms with van der Waals surface area (Å²) in [6.07, 6.45) is -4.43. The van der Waals surface area contributed by atoms with Crippen LogP contribution in [0.15, 0.2) is 21.9 Å². The maximum absolute atomic E-state index is 12.5. The number of nitrogens with zero attached hydrogens (tertiary/aromatic N) is 2. The van der Waals surface area contributed by atoms with Crippen molar-refractivity contribution in [2.24, 2.45) is 0 Å². The highest BCUT2D eigenvalue weighted by Gasteiger charge is 2.45. The molecule has 0 saturated carbocycles. The molecule has 0 spiro atoms. The molecule has 0 bridgehead atoms. The Morgan fingerprint density at radius 3 is 2.39 bits per heavy atom. The topological polar surface area (TPSA) is 198 Å². The van der Waals surface area contributed by atoms with Gasteiger partial charge in [-0.25, -0.2) is 4.79 Å². The average Bonchev–Trinajstić information content (AvgIpc) is 2.83. The van der Waals surface area contributed by atoms with Crippen LogP contribution in [0.2, 0.25) is 0 Å². The van der Waals surface area contributed by atoms with Gasteiger partial charge in [0.05, 0.1) is 6.61 Å². The van der Waals surface area contributed by atoms with E-state index < -0.39 is 63.5 Å². The molecule has 5 atom stereocenters. The summed E-state index contributed by atoms with van der Waals surface area (Å²) in [6.45, 7) is 1.12. The first kappa shape index (κ1) is 23.1. The first-order valence-corrected chi connectivity index (χ1v) is 11.8. The molecular formula is C13H22N2O11P2. The van der Waals surface area contributed by atoms with Gasteiger partial charge in [-0.15, -0.1) is 0 Å². The van der Waals surface area contributed by atoms with E-state index in [0.717, 1.165) is 21.4 Å². The van der Waals surface area contributed by atoms with E-state index in [1.165, 1.54) is 0 Å². The molecule has 15 heteroatoms. The monoisotopic (exact) mass is 444 g/mol. The standard InChI is InChI=1S/C13H22N2O11P2/c1-2-4-14-9(16)3-5-15(13(14)19)12-11(18)10(17)8(26-12)6-25-28(23,24)7-27(20,21)22/h3,5,8,10-12,17-18H,2,4,6-7H2,1H3,(H,23,24)(H2,20,21,22)/t8-,10+,11?,12-/m1/s1. The molecule has 1 aromatic heterocycles. The van der Waals surface area contributed by atoms with Crippen molar-refractivity contribution in [2.75, 3.05) is 12.5 Å². The normalized spacial score (nSPS) is 27.6. The van der Waals surface area contributed by atoms with Gasteiger partial charge in [0.25, 0.3) is 5.56 Å². The third-order valence-corrected chi connectivity index (χ3v) is 7.41. The molecule has 0 aliphatic carbocycles. The minimum absolute atomic E-state index is 0.131. The van der Waals surface area contributed by atoms with Gasteiger partial charge in [-0.2, -0.15) is 0 Å². The lowest BCUT2D eigenvalue weighted by atomic mass is 10.1. The zero-order valence-electron chi connectivity index (χ0n) is 14.8. The molecular weight excluding hydrogens is 422 g/mol. The molecule has 5 N–H and O–H groups in total. The largest absolute Gasteiger partial charge is 0.387 e. The van der Waals surface area contributed by atoms with Crippen LogP contribution in [-0.4, -0.2) is 64.8 Å². The molecule has 2 rings (SSSR count). The molecule has 28 heavy (non-hydrogen) atoms. The van der Waals surface area contributed by atoms with Gasteiger partial charge in [-0.1, -0.05) is 6.92 Å². The SMILES string of the molecule is CCCn1c(=O)ccn([C@@H]2O[C@H](COP(=O)(O)CP(=O)(O)O)[C@H](O)C2O)c1=O. The quantitative estimate of drug-likeness (QED) is 0.289. The fourth-order valence-corrected chi connectivity index (χ4v) is 5.28. The molecule has 1 aromatic rings. The molecule has 1 aliphatic heterocycles. The van der Waals surface area contributed by atoms with E-state index in [-0.39, 0.29) is 6.54 Å². The molecule has 160 valence electrons. The van der Waals surface area contributed by atoms with Gasteiger partial charge in [0.1, 0.15) is 18.3 Å². The van der Waals surface area contributed by atoms with Gasteiger partial charge < -0.3 is 34.2 Å². The van der Waals surface area contributed by atoms with Gasteiger partial charge in [-0.3, -0.25) is 23.1 Å². The second kappa shape index (κ2) is 8.70. The Bertz CT molecular complexity index is 906. The maximum atomic E-state index is 12.5. The van der Waals surface area contributed by atoms with Crippen LogP contribution < -0.4 is 11.2 Å². The van der Waals surface area contributed by atoms with Crippen LogP contribution in [0.3, 0.4) is 0 Å². The molecule has 2 heterocycles. The smallest absolute Gasteiger partial charge is 0.340 e. The Kier molecular flexibility index (Phi) is 7.19. The van der Waals surface area contributed by atoms with Crippen molar-refractivity contribution in [1.82, 2.24) is 9.13 Å². The zero-order chi connectivity index (χ0) is 21.3. The van der Waals surface area contributed by atoms with Gasteiger partial charge >= 0.3 is 20.9 Å². The Morgan fingerprint density at radius 1 is 1.18 bits per heavy atom. The number of rotatable bonds is 8. The number of aliphatic hydroxyl groups is 2. The van der Waals surface area contributed by atoms with Crippen molar-refractivity contribution in [3.8, 4) is 0 Å². The molecule has 0 amide bonds. The van der Waals surface area contributed by atoms with Gasteiger partial charge in [-0.05, 0) is 6.42 Å². The van der Waals surface area contributed by atoms with Crippen LogP contribution >= 0.6 is 15.2 Å².